The van der Waals surface area contributed by atoms with Crippen molar-refractivity contribution in [1.29, 1.82) is 0 Å². The van der Waals surface area contributed by atoms with Crippen LogP contribution in [0.2, 0.25) is 5.02 Å². The number of hydrogen-bond donors (Lipinski definition) is 2. The first kappa shape index (κ1) is 27.3. The molecule has 0 saturated carbocycles. The van der Waals surface area contributed by atoms with Gasteiger partial charge in [0.2, 0.25) is 5.91 Å². The molecule has 40 heavy (non-hydrogen) atoms. The van der Waals surface area contributed by atoms with Crippen molar-refractivity contribution in [2.24, 2.45) is 5.92 Å². The molecule has 2 saturated heterocycles. The maximum atomic E-state index is 13.2. The minimum atomic E-state index is 0.0814. The summed E-state index contributed by atoms with van der Waals surface area (Å²) in [5.74, 6) is 0.503. The summed E-state index contributed by atoms with van der Waals surface area (Å²) in [4.78, 5) is 18.3. The lowest BCUT2D eigenvalue weighted by atomic mass is 9.86. The van der Waals surface area contributed by atoms with Crippen LogP contribution in [0, 0.1) is 5.92 Å². The maximum absolute atomic E-state index is 13.2. The normalized spacial score (nSPS) is 21.5. The van der Waals surface area contributed by atoms with Crippen LogP contribution in [0.3, 0.4) is 0 Å². The molecular formula is C33H39ClN4O2. The number of carbonyl (C=O) groups is 1. The lowest BCUT2D eigenvalue weighted by Gasteiger charge is -2.45. The highest BCUT2D eigenvalue weighted by Crippen LogP contribution is 2.32. The number of nitrogens with one attached hydrogen (secondary N) is 2. The average Bonchev–Trinajstić information content (AvgIpc) is 3.17. The van der Waals surface area contributed by atoms with Crippen molar-refractivity contribution in [2.45, 2.75) is 44.7 Å². The van der Waals surface area contributed by atoms with Gasteiger partial charge in [-0.15, -0.1) is 0 Å². The van der Waals surface area contributed by atoms with Crippen LogP contribution in [0.1, 0.15) is 36.0 Å². The third-order valence-electron chi connectivity index (χ3n) is 8.73. The summed E-state index contributed by atoms with van der Waals surface area (Å²) in [6.45, 7) is 6.41. The Morgan fingerprint density at radius 1 is 0.950 bits per heavy atom. The number of carbonyl (C=O) groups excluding carboxylic acids is 1. The van der Waals surface area contributed by atoms with E-state index < -0.39 is 0 Å². The molecule has 0 radical (unpaired) electrons. The molecule has 210 valence electrons. The van der Waals surface area contributed by atoms with Crippen LogP contribution in [0.15, 0.2) is 66.7 Å². The number of anilines is 3. The van der Waals surface area contributed by atoms with Crippen LogP contribution >= 0.6 is 11.6 Å². The Bertz CT molecular complexity index is 1330. The minimum absolute atomic E-state index is 0.0814. The van der Waals surface area contributed by atoms with Gasteiger partial charge < -0.3 is 15.4 Å². The first-order valence-corrected chi connectivity index (χ1v) is 15.1. The van der Waals surface area contributed by atoms with E-state index in [1.807, 2.05) is 18.2 Å². The van der Waals surface area contributed by atoms with Gasteiger partial charge in [-0.05, 0) is 79.1 Å². The quantitative estimate of drug-likeness (QED) is 0.366. The molecule has 3 aromatic carbocycles. The van der Waals surface area contributed by atoms with Crippen LogP contribution in [-0.4, -0.2) is 61.1 Å². The maximum Gasteiger partial charge on any atom is 0.224 e. The molecule has 6 rings (SSSR count). The molecule has 2 atom stereocenters. The van der Waals surface area contributed by atoms with Gasteiger partial charge in [-0.1, -0.05) is 54.1 Å². The fraction of sp³-hybridized carbons (Fsp3) is 0.424. The first-order valence-electron chi connectivity index (χ1n) is 14.7. The number of para-hydroxylation sites is 1. The van der Waals surface area contributed by atoms with Crippen molar-refractivity contribution in [2.75, 3.05) is 50.0 Å². The number of amides is 1. The van der Waals surface area contributed by atoms with E-state index in [2.05, 4.69) is 69.0 Å². The van der Waals surface area contributed by atoms with Gasteiger partial charge >= 0.3 is 0 Å². The molecule has 3 aliphatic rings. The van der Waals surface area contributed by atoms with Gasteiger partial charge in [0.05, 0.1) is 13.2 Å². The first-order chi connectivity index (χ1) is 19.6. The Hall–Kier alpha value is -2.90. The zero-order chi connectivity index (χ0) is 27.3. The molecule has 2 N–H and O–H groups in total. The molecular weight excluding hydrogens is 520 g/mol. The van der Waals surface area contributed by atoms with Crippen molar-refractivity contribution < 1.29 is 9.53 Å². The minimum Gasteiger partial charge on any atom is -0.379 e. The van der Waals surface area contributed by atoms with E-state index in [9.17, 15) is 4.79 Å². The fourth-order valence-electron chi connectivity index (χ4n) is 6.58. The van der Waals surface area contributed by atoms with Gasteiger partial charge in [0, 0.05) is 60.7 Å². The number of benzene rings is 3. The molecule has 3 heterocycles. The summed E-state index contributed by atoms with van der Waals surface area (Å²) in [5, 5.41) is 7.60. The van der Waals surface area contributed by atoms with Crippen molar-refractivity contribution in [1.82, 2.24) is 9.80 Å². The van der Waals surface area contributed by atoms with E-state index in [-0.39, 0.29) is 5.91 Å². The van der Waals surface area contributed by atoms with Crippen molar-refractivity contribution in [3.63, 3.8) is 0 Å². The molecule has 0 aromatic heterocycles. The molecule has 3 aliphatic heterocycles. The number of morpholine rings is 1. The van der Waals surface area contributed by atoms with Crippen molar-refractivity contribution >= 4 is 34.6 Å². The highest BCUT2D eigenvalue weighted by atomic mass is 35.5. The SMILES string of the molecule is O=C(CC[C@H]1CN(Cc2ccccc2Cl)CC[C@H]1N1CCOCC1)Nc1ccc2c(c1)Nc1ccccc1CC2. The Morgan fingerprint density at radius 3 is 2.58 bits per heavy atom. The summed E-state index contributed by atoms with van der Waals surface area (Å²) in [6, 6.07) is 23.3. The van der Waals surface area contributed by atoms with Crippen LogP contribution in [-0.2, 0) is 28.9 Å². The lowest BCUT2D eigenvalue weighted by Crippen LogP contribution is -2.53. The molecule has 0 bridgehead atoms. The summed E-state index contributed by atoms with van der Waals surface area (Å²) in [6.07, 6.45) is 4.49. The molecule has 0 aliphatic carbocycles. The van der Waals surface area contributed by atoms with E-state index in [1.54, 1.807) is 0 Å². The van der Waals surface area contributed by atoms with Gasteiger partial charge in [0.25, 0.3) is 0 Å². The second-order valence-corrected chi connectivity index (χ2v) is 11.7. The molecule has 0 spiro atoms. The summed E-state index contributed by atoms with van der Waals surface area (Å²) in [5.41, 5.74) is 6.86. The Labute approximate surface area is 242 Å². The third kappa shape index (κ3) is 6.52. The molecule has 6 nitrogen and oxygen atoms in total. The number of fused-ring (bicyclic) bond motifs is 2. The number of piperidine rings is 1. The highest BCUT2D eigenvalue weighted by molar-refractivity contribution is 6.31. The number of likely N-dealkylation sites (tertiary alicyclic amines) is 1. The topological polar surface area (TPSA) is 56.8 Å². The second-order valence-electron chi connectivity index (χ2n) is 11.3. The fourth-order valence-corrected chi connectivity index (χ4v) is 6.78. The number of nitrogens with zero attached hydrogens (tertiary/aromatic N) is 2. The van der Waals surface area contributed by atoms with Crippen LogP contribution in [0.25, 0.3) is 0 Å². The summed E-state index contributed by atoms with van der Waals surface area (Å²) < 4.78 is 5.63. The van der Waals surface area contributed by atoms with Gasteiger partial charge in [0.15, 0.2) is 0 Å². The highest BCUT2D eigenvalue weighted by Gasteiger charge is 2.34. The van der Waals surface area contributed by atoms with Gasteiger partial charge in [-0.25, -0.2) is 0 Å². The van der Waals surface area contributed by atoms with Gasteiger partial charge in [-0.2, -0.15) is 0 Å². The zero-order valence-corrected chi connectivity index (χ0v) is 23.8. The van der Waals surface area contributed by atoms with Crippen LogP contribution < -0.4 is 10.6 Å². The van der Waals surface area contributed by atoms with Crippen LogP contribution in [0.5, 0.6) is 0 Å². The number of rotatable bonds is 7. The van der Waals surface area contributed by atoms with Crippen LogP contribution in [0.4, 0.5) is 17.1 Å². The zero-order valence-electron chi connectivity index (χ0n) is 23.1. The number of hydrogen-bond acceptors (Lipinski definition) is 5. The molecule has 3 aromatic rings. The van der Waals surface area contributed by atoms with E-state index in [0.717, 1.165) is 93.7 Å². The number of aryl methyl sites for hydroxylation is 2. The Kier molecular flexibility index (Phi) is 8.68. The van der Waals surface area contributed by atoms with Crippen molar-refractivity contribution in [3.05, 3.63) is 88.4 Å². The van der Waals surface area contributed by atoms with E-state index >= 15 is 0 Å². The lowest BCUT2D eigenvalue weighted by molar-refractivity contribution is -0.116. The van der Waals surface area contributed by atoms with Crippen molar-refractivity contribution in [3.8, 4) is 0 Å². The Balaban J connectivity index is 1.10. The third-order valence-corrected chi connectivity index (χ3v) is 9.10. The predicted molar refractivity (Wildman–Crippen MR) is 162 cm³/mol. The molecule has 1 amide bonds. The standard InChI is InChI=1S/C33H39ClN4O2/c34-29-7-3-1-6-26(29)22-37-16-15-32(38-17-19-40-20-18-38)27(23-37)12-14-33(39)35-28-13-11-25-10-9-24-5-2-4-8-30(24)36-31(25)21-28/h1-8,11,13,21,27,32,36H,9-10,12,14-20,22-23H2,(H,35,39)/t27-,32+/m0/s1. The molecule has 0 unspecified atom stereocenters. The monoisotopic (exact) mass is 558 g/mol. The number of ether oxygens (including phenoxy) is 1. The molecule has 7 heteroatoms. The average molecular weight is 559 g/mol. The summed E-state index contributed by atoms with van der Waals surface area (Å²) in [7, 11) is 0. The van der Waals surface area contributed by atoms with E-state index in [1.165, 1.54) is 16.7 Å². The molecule has 2 fully saturated rings. The van der Waals surface area contributed by atoms with E-state index in [0.29, 0.717) is 18.4 Å². The Morgan fingerprint density at radius 2 is 1.73 bits per heavy atom. The predicted octanol–water partition coefficient (Wildman–Crippen LogP) is 6.12. The van der Waals surface area contributed by atoms with Gasteiger partial charge in [0.1, 0.15) is 0 Å². The van der Waals surface area contributed by atoms with Gasteiger partial charge in [-0.3, -0.25) is 14.6 Å². The summed E-state index contributed by atoms with van der Waals surface area (Å²) >= 11 is 6.48. The number of halogens is 1. The second kappa shape index (κ2) is 12.7. The van der Waals surface area contributed by atoms with E-state index in [4.69, 9.17) is 16.3 Å². The largest absolute Gasteiger partial charge is 0.379 e. The smallest absolute Gasteiger partial charge is 0.224 e.